The van der Waals surface area contributed by atoms with E-state index in [1.165, 1.54) is 37.4 Å². The SMILES string of the molecule is COc1ncc(-c2nc3c(n2C(C)CO)CN(c2cccc(Cl)c2F)C3=O)c(OC)n1. The number of aliphatic hydroxyl groups excluding tert-OH is 1. The number of benzene rings is 1. The summed E-state index contributed by atoms with van der Waals surface area (Å²) < 4.78 is 26.7. The number of ether oxygens (including phenoxy) is 2. The van der Waals surface area contributed by atoms with E-state index in [1.54, 1.807) is 17.6 Å². The van der Waals surface area contributed by atoms with Crippen LogP contribution in [0.1, 0.15) is 29.1 Å². The molecule has 2 aromatic heterocycles. The van der Waals surface area contributed by atoms with Crippen LogP contribution < -0.4 is 14.4 Å². The van der Waals surface area contributed by atoms with Crippen LogP contribution in [0.5, 0.6) is 11.9 Å². The first-order chi connectivity index (χ1) is 14.9. The fourth-order valence-corrected chi connectivity index (χ4v) is 3.71. The van der Waals surface area contributed by atoms with E-state index in [9.17, 15) is 14.3 Å². The molecule has 4 rings (SSSR count). The Bertz CT molecular complexity index is 1170. The normalized spacial score (nSPS) is 14.0. The van der Waals surface area contributed by atoms with E-state index < -0.39 is 17.8 Å². The predicted octanol–water partition coefficient (Wildman–Crippen LogP) is 2.86. The first-order valence-corrected chi connectivity index (χ1v) is 9.72. The summed E-state index contributed by atoms with van der Waals surface area (Å²) in [4.78, 5) is 27.2. The number of methoxy groups -OCH3 is 2. The number of halogens is 2. The van der Waals surface area contributed by atoms with Gasteiger partial charge in [-0.3, -0.25) is 9.69 Å². The molecular formula is C20H19ClFN5O4. The average molecular weight is 448 g/mol. The monoisotopic (exact) mass is 447 g/mol. The van der Waals surface area contributed by atoms with Crippen molar-refractivity contribution in [3.05, 3.63) is 46.6 Å². The predicted molar refractivity (Wildman–Crippen MR) is 110 cm³/mol. The van der Waals surface area contributed by atoms with Gasteiger partial charge in [0.25, 0.3) is 5.91 Å². The second kappa shape index (κ2) is 8.12. The van der Waals surface area contributed by atoms with Crippen molar-refractivity contribution in [2.24, 2.45) is 0 Å². The first kappa shape index (κ1) is 21.0. The van der Waals surface area contributed by atoms with Crippen LogP contribution in [0.25, 0.3) is 11.4 Å². The van der Waals surface area contributed by atoms with Crippen molar-refractivity contribution in [2.75, 3.05) is 25.7 Å². The molecule has 1 amide bonds. The molecule has 0 spiro atoms. The maximum atomic E-state index is 14.6. The van der Waals surface area contributed by atoms with Gasteiger partial charge in [0, 0.05) is 6.20 Å². The Hall–Kier alpha value is -3.24. The number of aliphatic hydroxyl groups is 1. The maximum absolute atomic E-state index is 14.6. The minimum absolute atomic E-state index is 0.0576. The van der Waals surface area contributed by atoms with Crippen LogP contribution in [0.4, 0.5) is 10.1 Å². The van der Waals surface area contributed by atoms with Crippen LogP contribution in [0, 0.1) is 5.82 Å². The van der Waals surface area contributed by atoms with Gasteiger partial charge in [-0.25, -0.2) is 14.4 Å². The molecule has 3 aromatic rings. The summed E-state index contributed by atoms with van der Waals surface area (Å²) in [6, 6.07) is 4.13. The molecule has 11 heteroatoms. The molecule has 3 heterocycles. The van der Waals surface area contributed by atoms with Crippen molar-refractivity contribution >= 4 is 23.2 Å². The lowest BCUT2D eigenvalue weighted by Crippen LogP contribution is -2.26. The number of fused-ring (bicyclic) bond motifs is 1. The molecule has 31 heavy (non-hydrogen) atoms. The minimum Gasteiger partial charge on any atom is -0.480 e. The van der Waals surface area contributed by atoms with Gasteiger partial charge in [0.1, 0.15) is 5.82 Å². The molecule has 0 bridgehead atoms. The molecular weight excluding hydrogens is 429 g/mol. The Kier molecular flexibility index (Phi) is 5.50. The molecule has 1 aliphatic heterocycles. The topological polar surface area (TPSA) is 103 Å². The molecule has 1 aromatic carbocycles. The Morgan fingerprint density at radius 1 is 1.29 bits per heavy atom. The van der Waals surface area contributed by atoms with Crippen LogP contribution in [-0.4, -0.2) is 51.4 Å². The van der Waals surface area contributed by atoms with Gasteiger partial charge in [0.05, 0.1) is 55.4 Å². The highest BCUT2D eigenvalue weighted by molar-refractivity contribution is 6.31. The van der Waals surface area contributed by atoms with Gasteiger partial charge in [-0.05, 0) is 19.1 Å². The van der Waals surface area contributed by atoms with Crippen molar-refractivity contribution < 1.29 is 23.8 Å². The van der Waals surface area contributed by atoms with Gasteiger partial charge in [-0.1, -0.05) is 17.7 Å². The number of imidazole rings is 1. The number of anilines is 1. The minimum atomic E-state index is -0.685. The van der Waals surface area contributed by atoms with Crippen LogP contribution in [0.2, 0.25) is 5.02 Å². The number of hydrogen-bond acceptors (Lipinski definition) is 7. The molecule has 9 nitrogen and oxygen atoms in total. The zero-order chi connectivity index (χ0) is 22.3. The van der Waals surface area contributed by atoms with Crippen molar-refractivity contribution in [3.63, 3.8) is 0 Å². The number of aromatic nitrogens is 4. The molecule has 0 fully saturated rings. The number of hydrogen-bond donors (Lipinski definition) is 1. The third kappa shape index (κ3) is 3.37. The summed E-state index contributed by atoms with van der Waals surface area (Å²) in [5, 5.41) is 9.76. The quantitative estimate of drug-likeness (QED) is 0.619. The summed E-state index contributed by atoms with van der Waals surface area (Å²) in [7, 11) is 2.87. The lowest BCUT2D eigenvalue weighted by Gasteiger charge is -2.21. The lowest BCUT2D eigenvalue weighted by atomic mass is 10.2. The molecule has 0 aliphatic carbocycles. The van der Waals surface area contributed by atoms with Gasteiger partial charge < -0.3 is 19.1 Å². The standard InChI is InChI=1S/C20H19ClFN5O4/c1-10(9-28)27-14-8-26(13-6-4-5-12(21)15(13)22)19(29)16(14)24-17(27)11-7-23-20(31-3)25-18(11)30-2/h4-7,10,28H,8-9H2,1-3H3. The van der Waals surface area contributed by atoms with E-state index in [2.05, 4.69) is 15.0 Å². The van der Waals surface area contributed by atoms with Gasteiger partial charge >= 0.3 is 6.01 Å². The van der Waals surface area contributed by atoms with E-state index in [0.717, 1.165) is 0 Å². The Morgan fingerprint density at radius 3 is 2.74 bits per heavy atom. The van der Waals surface area contributed by atoms with Crippen LogP contribution >= 0.6 is 11.6 Å². The van der Waals surface area contributed by atoms with Crippen LogP contribution in [0.15, 0.2) is 24.4 Å². The fourth-order valence-electron chi connectivity index (χ4n) is 3.54. The summed E-state index contributed by atoms with van der Waals surface area (Å²) in [6.07, 6.45) is 1.47. The summed E-state index contributed by atoms with van der Waals surface area (Å²) in [5.41, 5.74) is 1.16. The molecule has 1 N–H and O–H groups in total. The van der Waals surface area contributed by atoms with Gasteiger partial charge in [-0.2, -0.15) is 4.98 Å². The second-order valence-electron chi connectivity index (χ2n) is 6.88. The molecule has 162 valence electrons. The third-order valence-corrected chi connectivity index (χ3v) is 5.33. The van der Waals surface area contributed by atoms with E-state index in [4.69, 9.17) is 21.1 Å². The average Bonchev–Trinajstić information content (AvgIpc) is 3.31. The molecule has 1 unspecified atom stereocenters. The zero-order valence-corrected chi connectivity index (χ0v) is 17.7. The number of rotatable bonds is 6. The lowest BCUT2D eigenvalue weighted by molar-refractivity contribution is 0.0992. The molecule has 1 atom stereocenters. The van der Waals surface area contributed by atoms with E-state index in [0.29, 0.717) is 17.1 Å². The maximum Gasteiger partial charge on any atom is 0.319 e. The van der Waals surface area contributed by atoms with Crippen LogP contribution in [-0.2, 0) is 6.54 Å². The highest BCUT2D eigenvalue weighted by atomic mass is 35.5. The van der Waals surface area contributed by atoms with Gasteiger partial charge in [-0.15, -0.1) is 0 Å². The Labute approximate surface area is 182 Å². The number of carbonyl (C=O) groups is 1. The largest absolute Gasteiger partial charge is 0.480 e. The van der Waals surface area contributed by atoms with Crippen molar-refractivity contribution in [1.29, 1.82) is 0 Å². The Balaban J connectivity index is 1.85. The van der Waals surface area contributed by atoms with Gasteiger partial charge in [0.2, 0.25) is 5.88 Å². The molecule has 0 saturated carbocycles. The number of amides is 1. The first-order valence-electron chi connectivity index (χ1n) is 9.34. The number of carbonyl (C=O) groups excluding carboxylic acids is 1. The fraction of sp³-hybridized carbons (Fsp3) is 0.300. The molecule has 0 saturated heterocycles. The summed E-state index contributed by atoms with van der Waals surface area (Å²) in [5.74, 6) is -0.609. The Morgan fingerprint density at radius 2 is 2.06 bits per heavy atom. The van der Waals surface area contributed by atoms with Crippen LogP contribution in [0.3, 0.4) is 0 Å². The molecule has 1 aliphatic rings. The van der Waals surface area contributed by atoms with E-state index in [-0.39, 0.29) is 41.4 Å². The zero-order valence-electron chi connectivity index (χ0n) is 17.0. The van der Waals surface area contributed by atoms with E-state index in [1.807, 2.05) is 0 Å². The van der Waals surface area contributed by atoms with E-state index >= 15 is 0 Å². The second-order valence-corrected chi connectivity index (χ2v) is 7.28. The van der Waals surface area contributed by atoms with Crippen molar-refractivity contribution in [3.8, 4) is 23.3 Å². The highest BCUT2D eigenvalue weighted by Crippen LogP contribution is 2.38. The smallest absolute Gasteiger partial charge is 0.319 e. The summed E-state index contributed by atoms with van der Waals surface area (Å²) >= 11 is 5.89. The summed E-state index contributed by atoms with van der Waals surface area (Å²) in [6.45, 7) is 1.62. The number of nitrogens with zero attached hydrogens (tertiary/aromatic N) is 5. The third-order valence-electron chi connectivity index (χ3n) is 5.04. The van der Waals surface area contributed by atoms with Gasteiger partial charge in [0.15, 0.2) is 11.5 Å². The van der Waals surface area contributed by atoms with Crippen molar-refractivity contribution in [2.45, 2.75) is 19.5 Å². The highest BCUT2D eigenvalue weighted by Gasteiger charge is 2.38. The van der Waals surface area contributed by atoms with Crippen molar-refractivity contribution in [1.82, 2.24) is 19.5 Å². The molecule has 0 radical (unpaired) electrons.